The Kier molecular flexibility index (Phi) is 674. The molecule has 0 nitrogen and oxygen atoms in total. The van der Waals surface area contributed by atoms with Gasteiger partial charge in [0.1, 0.15) is 0 Å². The number of hydrogen-bond acceptors (Lipinski definition) is 0. The van der Waals surface area contributed by atoms with Crippen LogP contribution in [0.25, 0.3) is 0 Å². The van der Waals surface area contributed by atoms with Gasteiger partial charge in [-0.25, -0.2) is 0 Å². The van der Waals surface area contributed by atoms with Crippen LogP contribution >= 0.6 is 0 Å². The molecule has 0 aromatic rings. The molecule has 0 atom stereocenters. The summed E-state index contributed by atoms with van der Waals surface area (Å²) in [5.41, 5.74) is 0. The topological polar surface area (TPSA) is 0 Å². The van der Waals surface area contributed by atoms with Gasteiger partial charge in [-0.15, -0.1) is 0 Å². The largest absolute Gasteiger partial charge is 2.00 e. The van der Waals surface area contributed by atoms with Crippen molar-refractivity contribution in [3.05, 3.63) is 0 Å². The van der Waals surface area contributed by atoms with Crippen molar-refractivity contribution < 1.29 is 66.7 Å². The molecule has 0 heterocycles. The molecule has 41 valence electrons. The summed E-state index contributed by atoms with van der Waals surface area (Å²) in [6.45, 7) is 0. The molecule has 5 heavy (non-hydrogen) atoms. The van der Waals surface area contributed by atoms with Gasteiger partial charge in [-0.1, -0.05) is 0 Å². The number of halogens is 4. The summed E-state index contributed by atoms with van der Waals surface area (Å²) >= 11 is 0. The van der Waals surface area contributed by atoms with Gasteiger partial charge < -0.3 is 49.6 Å². The number of hydrogen-bond donors (Lipinski definition) is 0. The summed E-state index contributed by atoms with van der Waals surface area (Å²) in [5, 5.41) is 0. The van der Waals surface area contributed by atoms with E-state index in [1.54, 1.807) is 0 Å². The predicted molar refractivity (Wildman–Crippen MR) is 0 cm³/mol. The van der Waals surface area contributed by atoms with Crippen molar-refractivity contribution in [1.29, 1.82) is 0 Å². The predicted octanol–water partition coefficient (Wildman–Crippen LogP) is -12.0. The van der Waals surface area contributed by atoms with Crippen molar-refractivity contribution in [2.45, 2.75) is 0 Å². The van der Waals surface area contributed by atoms with E-state index in [1.165, 1.54) is 0 Å². The average Bonchev–Trinajstić information content (AvgIpc) is 0. The standard InChI is InChI=1S/4ClH.Cu/h4*1H;/q;;;;+2/p-4. The first-order chi connectivity index (χ1) is 0. The maximum atomic E-state index is 0. The van der Waals surface area contributed by atoms with E-state index in [0.29, 0.717) is 0 Å². The molecule has 0 saturated heterocycles. The van der Waals surface area contributed by atoms with Crippen molar-refractivity contribution in [3.63, 3.8) is 0 Å². The minimum Gasteiger partial charge on any atom is -1.00 e. The SMILES string of the molecule is [Cl-].[Cl-].[Cl-].[Cl-].[Cu+2]. The molecular formula is Cl4Cu-2. The zero-order chi connectivity index (χ0) is 0. The fourth-order valence-electron chi connectivity index (χ4n) is 0. The van der Waals surface area contributed by atoms with Crippen molar-refractivity contribution in [3.8, 4) is 0 Å². The average molecular weight is 205 g/mol. The van der Waals surface area contributed by atoms with Crippen molar-refractivity contribution in [1.82, 2.24) is 0 Å². The summed E-state index contributed by atoms with van der Waals surface area (Å²) in [4.78, 5) is 0. The molecule has 0 N–H and O–H groups in total. The van der Waals surface area contributed by atoms with Crippen LogP contribution in [0.2, 0.25) is 0 Å². The van der Waals surface area contributed by atoms with Gasteiger partial charge in [-0.3, -0.25) is 0 Å². The second-order valence-electron chi connectivity index (χ2n) is 0. The summed E-state index contributed by atoms with van der Waals surface area (Å²) in [6, 6.07) is 0. The first-order valence-electron chi connectivity index (χ1n) is 0. The zero-order valence-corrected chi connectivity index (χ0v) is 5.78. The van der Waals surface area contributed by atoms with E-state index in [-0.39, 0.29) is 66.7 Å². The maximum absolute atomic E-state index is 0. The van der Waals surface area contributed by atoms with Crippen LogP contribution in [-0.4, -0.2) is 0 Å². The van der Waals surface area contributed by atoms with E-state index < -0.39 is 0 Å². The van der Waals surface area contributed by atoms with Crippen LogP contribution < -0.4 is 49.6 Å². The second-order valence-corrected chi connectivity index (χ2v) is 0. The van der Waals surface area contributed by atoms with Gasteiger partial charge in [-0.2, -0.15) is 0 Å². The summed E-state index contributed by atoms with van der Waals surface area (Å²) < 4.78 is 0. The van der Waals surface area contributed by atoms with Crippen LogP contribution in [0.1, 0.15) is 0 Å². The van der Waals surface area contributed by atoms with Gasteiger partial charge in [0, 0.05) is 0 Å². The van der Waals surface area contributed by atoms with E-state index in [0.717, 1.165) is 0 Å². The van der Waals surface area contributed by atoms with Gasteiger partial charge in [-0.05, 0) is 0 Å². The van der Waals surface area contributed by atoms with Crippen LogP contribution in [0.15, 0.2) is 0 Å². The van der Waals surface area contributed by atoms with Crippen LogP contribution in [-0.2, 0) is 17.1 Å². The third kappa shape index (κ3) is 27.3. The monoisotopic (exact) mass is 203 g/mol. The first-order valence-corrected chi connectivity index (χ1v) is 0. The Balaban J connectivity index is 0. The summed E-state index contributed by atoms with van der Waals surface area (Å²) in [6.07, 6.45) is 0. The normalized spacial score (nSPS) is 0. The van der Waals surface area contributed by atoms with Crippen molar-refractivity contribution >= 4 is 0 Å². The molecule has 0 rings (SSSR count). The summed E-state index contributed by atoms with van der Waals surface area (Å²) in [7, 11) is 0. The van der Waals surface area contributed by atoms with Gasteiger partial charge >= 0.3 is 17.1 Å². The molecule has 0 fully saturated rings. The molecule has 0 aromatic heterocycles. The Morgan fingerprint density at radius 1 is 0.400 bits per heavy atom. The third-order valence-electron chi connectivity index (χ3n) is 0. The Morgan fingerprint density at radius 3 is 0.400 bits per heavy atom. The Hall–Kier alpha value is 1.68. The summed E-state index contributed by atoms with van der Waals surface area (Å²) in [5.74, 6) is 0. The molecule has 0 unspecified atom stereocenters. The molecule has 0 bridgehead atoms. The fraction of sp³-hybridized carbons (Fsp3) is 0. The quantitative estimate of drug-likeness (QED) is 0.345. The van der Waals surface area contributed by atoms with E-state index in [9.17, 15) is 0 Å². The minimum atomic E-state index is 0. The van der Waals surface area contributed by atoms with Crippen LogP contribution in [0.5, 0.6) is 0 Å². The van der Waals surface area contributed by atoms with Gasteiger partial charge in [0.15, 0.2) is 0 Å². The molecular weight excluding hydrogens is 205 g/mol. The van der Waals surface area contributed by atoms with E-state index in [4.69, 9.17) is 0 Å². The smallest absolute Gasteiger partial charge is 1.00 e. The zero-order valence-electron chi connectivity index (χ0n) is 1.81. The van der Waals surface area contributed by atoms with Gasteiger partial charge in [0.05, 0.1) is 0 Å². The van der Waals surface area contributed by atoms with Gasteiger partial charge in [0.2, 0.25) is 0 Å². The van der Waals surface area contributed by atoms with Crippen LogP contribution in [0.4, 0.5) is 0 Å². The first kappa shape index (κ1) is 76.4. The molecule has 0 aliphatic carbocycles. The van der Waals surface area contributed by atoms with Gasteiger partial charge in [0.25, 0.3) is 0 Å². The van der Waals surface area contributed by atoms with Crippen LogP contribution in [0.3, 0.4) is 0 Å². The van der Waals surface area contributed by atoms with Crippen molar-refractivity contribution in [2.75, 3.05) is 0 Å². The molecule has 1 radical (unpaired) electrons. The minimum absolute atomic E-state index is 0. The molecule has 0 spiro atoms. The molecule has 0 aliphatic rings. The molecule has 0 amide bonds. The van der Waals surface area contributed by atoms with E-state index in [2.05, 4.69) is 0 Å². The third-order valence-corrected chi connectivity index (χ3v) is 0. The fourth-order valence-corrected chi connectivity index (χ4v) is 0. The molecule has 0 aromatic carbocycles. The molecule has 5 heteroatoms. The second kappa shape index (κ2) is 44.1. The number of rotatable bonds is 0. The molecule has 0 aliphatic heterocycles. The maximum Gasteiger partial charge on any atom is 2.00 e. The van der Waals surface area contributed by atoms with E-state index >= 15 is 0 Å². The Labute approximate surface area is 66.6 Å². The molecule has 0 saturated carbocycles. The van der Waals surface area contributed by atoms with Crippen LogP contribution in [0, 0.1) is 0 Å². The van der Waals surface area contributed by atoms with E-state index in [1.807, 2.05) is 0 Å². The van der Waals surface area contributed by atoms with Crippen molar-refractivity contribution in [2.24, 2.45) is 0 Å². The Bertz CT molecular complexity index is 3.61. The Morgan fingerprint density at radius 2 is 0.400 bits per heavy atom.